The maximum Gasteiger partial charge on any atom is 0.270 e. The van der Waals surface area contributed by atoms with Gasteiger partial charge in [0.1, 0.15) is 5.75 Å². The molecule has 4 N–H and O–H groups in total. The Balaban J connectivity index is 2.22. The zero-order chi connectivity index (χ0) is 13.8. The molecule has 0 aliphatic rings. The van der Waals surface area contributed by atoms with Gasteiger partial charge in [-0.15, -0.1) is 5.10 Å². The summed E-state index contributed by atoms with van der Waals surface area (Å²) in [6, 6.07) is 4.12. The van der Waals surface area contributed by atoms with Crippen LogP contribution in [0.3, 0.4) is 0 Å². The van der Waals surface area contributed by atoms with E-state index in [1.54, 1.807) is 0 Å². The van der Waals surface area contributed by atoms with Crippen LogP contribution in [0.5, 0.6) is 5.75 Å². The number of benzene rings is 1. The van der Waals surface area contributed by atoms with Gasteiger partial charge in [0, 0.05) is 12.6 Å². The van der Waals surface area contributed by atoms with Crippen LogP contribution in [0.2, 0.25) is 0 Å². The molecule has 0 aliphatic heterocycles. The number of tetrazole rings is 1. The van der Waals surface area contributed by atoms with E-state index in [0.717, 1.165) is 0 Å². The van der Waals surface area contributed by atoms with Crippen LogP contribution in [-0.4, -0.2) is 37.5 Å². The van der Waals surface area contributed by atoms with Gasteiger partial charge in [0.2, 0.25) is 5.91 Å². The Labute approximate surface area is 107 Å². The number of rotatable bonds is 3. The Kier molecular flexibility index (Phi) is 3.37. The van der Waals surface area contributed by atoms with Crippen molar-refractivity contribution in [3.63, 3.8) is 0 Å². The van der Waals surface area contributed by atoms with Crippen molar-refractivity contribution < 1.29 is 14.7 Å². The SMILES string of the molecule is CC(=O)Nc1ccc(O)c(C(=O)Nc2nn[nH]n2)c1. The summed E-state index contributed by atoms with van der Waals surface area (Å²) >= 11 is 0. The summed E-state index contributed by atoms with van der Waals surface area (Å²) in [4.78, 5) is 22.8. The minimum atomic E-state index is -0.619. The Morgan fingerprint density at radius 1 is 1.32 bits per heavy atom. The Morgan fingerprint density at radius 3 is 2.74 bits per heavy atom. The quantitative estimate of drug-likeness (QED) is 0.580. The molecule has 0 fully saturated rings. The summed E-state index contributed by atoms with van der Waals surface area (Å²) in [7, 11) is 0. The third kappa shape index (κ3) is 3.03. The molecular weight excluding hydrogens is 252 g/mol. The number of anilines is 2. The number of aromatic hydroxyl groups is 1. The Morgan fingerprint density at radius 2 is 2.11 bits per heavy atom. The van der Waals surface area contributed by atoms with Crippen molar-refractivity contribution in [2.24, 2.45) is 0 Å². The zero-order valence-electron chi connectivity index (χ0n) is 9.84. The molecule has 2 aromatic rings. The summed E-state index contributed by atoms with van der Waals surface area (Å²) in [5, 5.41) is 27.0. The first kappa shape index (κ1) is 12.5. The average molecular weight is 262 g/mol. The van der Waals surface area contributed by atoms with Crippen LogP contribution in [-0.2, 0) is 4.79 Å². The molecule has 0 saturated heterocycles. The minimum absolute atomic E-state index is 0.0175. The van der Waals surface area contributed by atoms with Crippen molar-refractivity contribution in [1.29, 1.82) is 0 Å². The maximum atomic E-state index is 11.9. The van der Waals surface area contributed by atoms with Gasteiger partial charge < -0.3 is 10.4 Å². The number of nitrogens with zero attached hydrogens (tertiary/aromatic N) is 3. The molecule has 0 saturated carbocycles. The van der Waals surface area contributed by atoms with Crippen molar-refractivity contribution >= 4 is 23.5 Å². The van der Waals surface area contributed by atoms with Gasteiger partial charge in [0.25, 0.3) is 11.9 Å². The van der Waals surface area contributed by atoms with Gasteiger partial charge in [-0.05, 0) is 23.4 Å². The van der Waals surface area contributed by atoms with E-state index in [4.69, 9.17) is 0 Å². The topological polar surface area (TPSA) is 133 Å². The molecule has 9 nitrogen and oxygen atoms in total. The van der Waals surface area contributed by atoms with Crippen LogP contribution in [0.15, 0.2) is 18.2 Å². The summed E-state index contributed by atoms with van der Waals surface area (Å²) in [5.41, 5.74) is 0.375. The lowest BCUT2D eigenvalue weighted by atomic mass is 10.1. The second-order valence-corrected chi connectivity index (χ2v) is 3.60. The number of hydrogen-bond donors (Lipinski definition) is 4. The monoisotopic (exact) mass is 262 g/mol. The average Bonchev–Trinajstić information content (AvgIpc) is 2.83. The lowest BCUT2D eigenvalue weighted by Gasteiger charge is -2.07. The van der Waals surface area contributed by atoms with Gasteiger partial charge in [-0.3, -0.25) is 14.9 Å². The smallest absolute Gasteiger partial charge is 0.270 e. The van der Waals surface area contributed by atoms with Crippen LogP contribution in [0.4, 0.5) is 11.6 Å². The third-order valence-electron chi connectivity index (χ3n) is 2.13. The molecule has 0 radical (unpaired) electrons. The number of nitrogens with one attached hydrogen (secondary N) is 3. The summed E-state index contributed by atoms with van der Waals surface area (Å²) < 4.78 is 0. The molecule has 98 valence electrons. The number of phenolic OH excluding ortho intramolecular Hbond substituents is 1. The lowest BCUT2D eigenvalue weighted by molar-refractivity contribution is -0.114. The predicted octanol–water partition coefficient (Wildman–Crippen LogP) is 0.116. The van der Waals surface area contributed by atoms with Crippen LogP contribution in [0.25, 0.3) is 0 Å². The number of phenols is 1. The molecular formula is C10H10N6O3. The van der Waals surface area contributed by atoms with Crippen LogP contribution in [0.1, 0.15) is 17.3 Å². The first-order chi connectivity index (χ1) is 9.06. The number of aromatic nitrogens is 4. The van der Waals surface area contributed by atoms with Gasteiger partial charge in [-0.1, -0.05) is 5.10 Å². The van der Waals surface area contributed by atoms with Crippen LogP contribution in [0, 0.1) is 0 Å². The van der Waals surface area contributed by atoms with Crippen molar-refractivity contribution in [3.05, 3.63) is 23.8 Å². The minimum Gasteiger partial charge on any atom is -0.507 e. The van der Waals surface area contributed by atoms with Crippen molar-refractivity contribution in [1.82, 2.24) is 20.6 Å². The van der Waals surface area contributed by atoms with Crippen LogP contribution < -0.4 is 10.6 Å². The number of carbonyl (C=O) groups is 2. The molecule has 0 aliphatic carbocycles. The number of carbonyl (C=O) groups excluding carboxylic acids is 2. The number of H-pyrrole nitrogens is 1. The molecule has 1 heterocycles. The number of aromatic amines is 1. The molecule has 9 heteroatoms. The van der Waals surface area contributed by atoms with E-state index in [1.165, 1.54) is 25.1 Å². The lowest BCUT2D eigenvalue weighted by Crippen LogP contribution is -2.14. The molecule has 1 aromatic heterocycles. The second-order valence-electron chi connectivity index (χ2n) is 3.60. The largest absolute Gasteiger partial charge is 0.507 e. The second kappa shape index (κ2) is 5.12. The van der Waals surface area contributed by atoms with Crippen molar-refractivity contribution in [3.8, 4) is 5.75 Å². The van der Waals surface area contributed by atoms with Gasteiger partial charge >= 0.3 is 0 Å². The Hall–Kier alpha value is -2.97. The Bertz CT molecular complexity index is 610. The molecule has 0 bridgehead atoms. The van der Waals surface area contributed by atoms with E-state index in [2.05, 4.69) is 31.3 Å². The third-order valence-corrected chi connectivity index (χ3v) is 2.13. The molecule has 0 unspecified atom stereocenters. The summed E-state index contributed by atoms with van der Waals surface area (Å²) in [6.07, 6.45) is 0. The first-order valence-electron chi connectivity index (χ1n) is 5.21. The van der Waals surface area contributed by atoms with Gasteiger partial charge in [-0.25, -0.2) is 0 Å². The normalized spacial score (nSPS) is 9.95. The fourth-order valence-electron chi connectivity index (χ4n) is 1.38. The highest BCUT2D eigenvalue weighted by Crippen LogP contribution is 2.22. The fourth-order valence-corrected chi connectivity index (χ4v) is 1.38. The maximum absolute atomic E-state index is 11.9. The highest BCUT2D eigenvalue weighted by Gasteiger charge is 2.14. The molecule has 19 heavy (non-hydrogen) atoms. The van der Waals surface area contributed by atoms with Gasteiger partial charge in [0.05, 0.1) is 5.56 Å². The summed E-state index contributed by atoms with van der Waals surface area (Å²) in [6.45, 7) is 1.34. The molecule has 0 atom stereocenters. The first-order valence-corrected chi connectivity index (χ1v) is 5.21. The van der Waals surface area contributed by atoms with Gasteiger partial charge in [0.15, 0.2) is 0 Å². The highest BCUT2D eigenvalue weighted by atomic mass is 16.3. The van der Waals surface area contributed by atoms with Crippen molar-refractivity contribution in [2.75, 3.05) is 10.6 Å². The van der Waals surface area contributed by atoms with Gasteiger partial charge in [-0.2, -0.15) is 5.21 Å². The standard InChI is InChI=1S/C10H10N6O3/c1-5(17)11-6-2-3-8(18)7(4-6)9(19)12-10-13-15-16-14-10/h2-4,18H,1H3,(H,11,17)(H2,12,13,14,15,16,19). The number of hydrogen-bond acceptors (Lipinski definition) is 6. The number of amides is 2. The van der Waals surface area contributed by atoms with E-state index >= 15 is 0 Å². The molecule has 2 rings (SSSR count). The molecule has 1 aromatic carbocycles. The van der Waals surface area contributed by atoms with E-state index in [-0.39, 0.29) is 23.2 Å². The van der Waals surface area contributed by atoms with E-state index in [0.29, 0.717) is 5.69 Å². The summed E-state index contributed by atoms with van der Waals surface area (Å²) in [5.74, 6) is -1.15. The highest BCUT2D eigenvalue weighted by molar-refractivity contribution is 6.06. The van der Waals surface area contributed by atoms with Crippen molar-refractivity contribution in [2.45, 2.75) is 6.92 Å². The molecule has 2 amide bonds. The predicted molar refractivity (Wildman–Crippen MR) is 64.5 cm³/mol. The molecule has 0 spiro atoms. The zero-order valence-corrected chi connectivity index (χ0v) is 9.84. The fraction of sp³-hybridized carbons (Fsp3) is 0.100. The van der Waals surface area contributed by atoms with E-state index in [9.17, 15) is 14.7 Å². The van der Waals surface area contributed by atoms with E-state index in [1.807, 2.05) is 0 Å². The van der Waals surface area contributed by atoms with E-state index < -0.39 is 5.91 Å². The van der Waals surface area contributed by atoms with Crippen LogP contribution >= 0.6 is 0 Å².